The molecule has 0 amide bonds. The van der Waals surface area contributed by atoms with Gasteiger partial charge in [-0.15, -0.1) is 0 Å². The van der Waals surface area contributed by atoms with Crippen molar-refractivity contribution in [2.75, 3.05) is 4.72 Å². The third kappa shape index (κ3) is 3.29. The first-order chi connectivity index (χ1) is 8.99. The highest BCUT2D eigenvalue weighted by Gasteiger charge is 2.15. The van der Waals surface area contributed by atoms with Crippen molar-refractivity contribution in [3.63, 3.8) is 0 Å². The van der Waals surface area contributed by atoms with Crippen LogP contribution in [0.25, 0.3) is 11.4 Å². The highest BCUT2D eigenvalue weighted by Crippen LogP contribution is 2.16. The Morgan fingerprint density at radius 3 is 2.16 bits per heavy atom. The summed E-state index contributed by atoms with van der Waals surface area (Å²) < 4.78 is 25.8. The van der Waals surface area contributed by atoms with E-state index in [1.165, 1.54) is 12.4 Å². The third-order valence-corrected chi connectivity index (χ3v) is 4.33. The van der Waals surface area contributed by atoms with Crippen LogP contribution in [0.15, 0.2) is 42.7 Å². The van der Waals surface area contributed by atoms with E-state index in [0.717, 1.165) is 5.56 Å². The van der Waals surface area contributed by atoms with E-state index in [4.69, 9.17) is 0 Å². The molecule has 0 aliphatic rings. The fourth-order valence-corrected chi connectivity index (χ4v) is 2.07. The summed E-state index contributed by atoms with van der Waals surface area (Å²) in [4.78, 5) is 8.31. The van der Waals surface area contributed by atoms with Crippen LogP contribution in [-0.4, -0.2) is 23.6 Å². The van der Waals surface area contributed by atoms with E-state index in [-0.39, 0.29) is 0 Å². The van der Waals surface area contributed by atoms with E-state index in [2.05, 4.69) is 14.7 Å². The molecule has 2 aromatic rings. The minimum atomic E-state index is -3.36. The van der Waals surface area contributed by atoms with E-state index >= 15 is 0 Å². The molecular formula is C13H15N3O2S. The van der Waals surface area contributed by atoms with Crippen molar-refractivity contribution < 1.29 is 8.42 Å². The average Bonchev–Trinajstić information content (AvgIpc) is 2.40. The second-order valence-electron chi connectivity index (χ2n) is 4.36. The van der Waals surface area contributed by atoms with E-state index in [9.17, 15) is 8.42 Å². The predicted octanol–water partition coefficient (Wildman–Crippen LogP) is 2.29. The molecule has 6 heteroatoms. The molecular weight excluding hydrogens is 262 g/mol. The Balaban J connectivity index is 2.21. The van der Waals surface area contributed by atoms with Crippen molar-refractivity contribution in [2.24, 2.45) is 0 Å². The highest BCUT2D eigenvalue weighted by atomic mass is 32.2. The van der Waals surface area contributed by atoms with Gasteiger partial charge in [0.05, 0.1) is 23.3 Å². The van der Waals surface area contributed by atoms with Gasteiger partial charge in [-0.2, -0.15) is 0 Å². The molecule has 5 nitrogen and oxygen atoms in total. The Morgan fingerprint density at radius 1 is 1.05 bits per heavy atom. The van der Waals surface area contributed by atoms with Gasteiger partial charge in [-0.25, -0.2) is 18.4 Å². The lowest BCUT2D eigenvalue weighted by Crippen LogP contribution is -2.22. The molecule has 0 spiro atoms. The standard InChI is InChI=1S/C13H15N3O2S/c1-10(2)19(17,18)16-12-8-14-13(15-9-12)11-6-4-3-5-7-11/h3-10,16H,1-2H3. The molecule has 0 aliphatic carbocycles. The Bertz CT molecular complexity index is 637. The molecule has 0 radical (unpaired) electrons. The van der Waals surface area contributed by atoms with Crippen LogP contribution in [0.1, 0.15) is 13.8 Å². The number of sulfonamides is 1. The largest absolute Gasteiger partial charge is 0.280 e. The first-order valence-corrected chi connectivity index (χ1v) is 7.43. The van der Waals surface area contributed by atoms with Crippen LogP contribution in [0.5, 0.6) is 0 Å². The summed E-state index contributed by atoms with van der Waals surface area (Å²) in [6.07, 6.45) is 2.94. The van der Waals surface area contributed by atoms with Crippen molar-refractivity contribution in [2.45, 2.75) is 19.1 Å². The summed E-state index contributed by atoms with van der Waals surface area (Å²) in [7, 11) is -3.36. The van der Waals surface area contributed by atoms with Gasteiger partial charge in [0.2, 0.25) is 10.0 Å². The zero-order valence-electron chi connectivity index (χ0n) is 10.7. The summed E-state index contributed by atoms with van der Waals surface area (Å²) in [5.41, 5.74) is 1.26. The van der Waals surface area contributed by atoms with Crippen molar-refractivity contribution in [3.05, 3.63) is 42.7 Å². The molecule has 0 unspecified atom stereocenters. The molecule has 0 atom stereocenters. The zero-order valence-corrected chi connectivity index (χ0v) is 11.6. The second-order valence-corrected chi connectivity index (χ2v) is 6.59. The van der Waals surface area contributed by atoms with Crippen LogP contribution in [0, 0.1) is 0 Å². The maximum atomic E-state index is 11.7. The molecule has 0 saturated heterocycles. The topological polar surface area (TPSA) is 72.0 Å². The van der Waals surface area contributed by atoms with Gasteiger partial charge in [0.15, 0.2) is 5.82 Å². The van der Waals surface area contributed by atoms with Gasteiger partial charge >= 0.3 is 0 Å². The molecule has 0 bridgehead atoms. The molecule has 1 aromatic heterocycles. The van der Waals surface area contributed by atoms with Gasteiger partial charge in [0.1, 0.15) is 0 Å². The van der Waals surface area contributed by atoms with Crippen LogP contribution in [-0.2, 0) is 10.0 Å². The third-order valence-electron chi connectivity index (χ3n) is 2.56. The van der Waals surface area contributed by atoms with Crippen LogP contribution in [0.4, 0.5) is 5.69 Å². The van der Waals surface area contributed by atoms with E-state index in [1.54, 1.807) is 13.8 Å². The van der Waals surface area contributed by atoms with Gasteiger partial charge in [0, 0.05) is 5.56 Å². The Kier molecular flexibility index (Phi) is 3.80. The lowest BCUT2D eigenvalue weighted by molar-refractivity contribution is 0.592. The van der Waals surface area contributed by atoms with Crippen molar-refractivity contribution in [1.82, 2.24) is 9.97 Å². The molecule has 0 aliphatic heterocycles. The van der Waals surface area contributed by atoms with Gasteiger partial charge in [-0.1, -0.05) is 30.3 Å². The number of nitrogens with zero attached hydrogens (tertiary/aromatic N) is 2. The van der Waals surface area contributed by atoms with E-state index < -0.39 is 15.3 Å². The molecule has 1 N–H and O–H groups in total. The Hall–Kier alpha value is -1.95. The first-order valence-electron chi connectivity index (χ1n) is 5.88. The number of nitrogens with one attached hydrogen (secondary N) is 1. The number of aromatic nitrogens is 2. The maximum absolute atomic E-state index is 11.7. The summed E-state index contributed by atoms with van der Waals surface area (Å²) in [5.74, 6) is 0.563. The van der Waals surface area contributed by atoms with E-state index in [0.29, 0.717) is 11.5 Å². The first kappa shape index (κ1) is 13.5. The van der Waals surface area contributed by atoms with Crippen LogP contribution >= 0.6 is 0 Å². The fraction of sp³-hybridized carbons (Fsp3) is 0.231. The van der Waals surface area contributed by atoms with E-state index in [1.807, 2.05) is 30.3 Å². The average molecular weight is 277 g/mol. The maximum Gasteiger partial charge on any atom is 0.235 e. The van der Waals surface area contributed by atoms with Gasteiger partial charge in [-0.3, -0.25) is 4.72 Å². The zero-order chi connectivity index (χ0) is 13.9. The second kappa shape index (κ2) is 5.36. The molecule has 2 rings (SSSR count). The number of hydrogen-bond donors (Lipinski definition) is 1. The number of rotatable bonds is 4. The fourth-order valence-electron chi connectivity index (χ4n) is 1.40. The molecule has 1 heterocycles. The minimum absolute atomic E-state index is 0.369. The minimum Gasteiger partial charge on any atom is -0.280 e. The summed E-state index contributed by atoms with van der Waals surface area (Å²) in [6.45, 7) is 3.23. The lowest BCUT2D eigenvalue weighted by Gasteiger charge is -2.10. The monoisotopic (exact) mass is 277 g/mol. The van der Waals surface area contributed by atoms with Crippen LogP contribution in [0.3, 0.4) is 0 Å². The molecule has 0 fully saturated rings. The van der Waals surface area contributed by atoms with Crippen molar-refractivity contribution in [3.8, 4) is 11.4 Å². The summed E-state index contributed by atoms with van der Waals surface area (Å²) in [6, 6.07) is 9.50. The molecule has 1 aromatic carbocycles. The quantitative estimate of drug-likeness (QED) is 0.930. The predicted molar refractivity (Wildman–Crippen MR) is 75.1 cm³/mol. The normalized spacial score (nSPS) is 11.5. The molecule has 100 valence electrons. The number of anilines is 1. The smallest absolute Gasteiger partial charge is 0.235 e. The number of benzene rings is 1. The van der Waals surface area contributed by atoms with Crippen LogP contribution in [0.2, 0.25) is 0 Å². The van der Waals surface area contributed by atoms with Crippen LogP contribution < -0.4 is 4.72 Å². The van der Waals surface area contributed by atoms with Crippen molar-refractivity contribution in [1.29, 1.82) is 0 Å². The summed E-state index contributed by atoms with van der Waals surface area (Å²) in [5, 5.41) is -0.499. The summed E-state index contributed by atoms with van der Waals surface area (Å²) >= 11 is 0. The number of hydrogen-bond acceptors (Lipinski definition) is 4. The highest BCUT2D eigenvalue weighted by molar-refractivity contribution is 7.93. The Labute approximate surface area is 112 Å². The molecule has 0 saturated carbocycles. The SMILES string of the molecule is CC(C)S(=O)(=O)Nc1cnc(-c2ccccc2)nc1. The van der Waals surface area contributed by atoms with Gasteiger partial charge in [0.25, 0.3) is 0 Å². The lowest BCUT2D eigenvalue weighted by atomic mass is 10.2. The van der Waals surface area contributed by atoms with Gasteiger partial charge < -0.3 is 0 Å². The Morgan fingerprint density at radius 2 is 1.63 bits per heavy atom. The van der Waals surface area contributed by atoms with Crippen molar-refractivity contribution >= 4 is 15.7 Å². The van der Waals surface area contributed by atoms with Gasteiger partial charge in [-0.05, 0) is 13.8 Å². The molecule has 19 heavy (non-hydrogen) atoms.